The van der Waals surface area contributed by atoms with E-state index < -0.39 is 0 Å². The molecule has 0 heterocycles. The normalized spacial score (nSPS) is 17.9. The summed E-state index contributed by atoms with van der Waals surface area (Å²) >= 11 is 12.0. The van der Waals surface area contributed by atoms with E-state index in [4.69, 9.17) is 23.2 Å². The molecule has 0 radical (unpaired) electrons. The van der Waals surface area contributed by atoms with Gasteiger partial charge in [0, 0.05) is 17.9 Å². The van der Waals surface area contributed by atoms with Gasteiger partial charge in [-0.05, 0) is 23.3 Å². The minimum Gasteiger partial charge on any atom is -0.294 e. The van der Waals surface area contributed by atoms with Gasteiger partial charge < -0.3 is 0 Å². The van der Waals surface area contributed by atoms with Gasteiger partial charge in [-0.3, -0.25) is 4.79 Å². The average molecular weight is 277 g/mol. The van der Waals surface area contributed by atoms with Crippen LogP contribution < -0.4 is 0 Å². The standard InChI is InChI=1S/C15H10Cl2O/c16-13-6-5-9(7-14(13)17)12-8-15(18)11-4-2-1-3-10(11)12/h1-7,12H,8H2/t12-/m0/s1. The van der Waals surface area contributed by atoms with E-state index in [2.05, 4.69) is 0 Å². The average Bonchev–Trinajstić information content (AvgIpc) is 2.71. The van der Waals surface area contributed by atoms with E-state index >= 15 is 0 Å². The second kappa shape index (κ2) is 4.42. The Morgan fingerprint density at radius 3 is 2.56 bits per heavy atom. The summed E-state index contributed by atoms with van der Waals surface area (Å²) in [6, 6.07) is 13.3. The molecule has 0 saturated heterocycles. The number of benzene rings is 2. The van der Waals surface area contributed by atoms with Gasteiger partial charge in [0.2, 0.25) is 0 Å². The van der Waals surface area contributed by atoms with Gasteiger partial charge in [0.15, 0.2) is 5.78 Å². The van der Waals surface area contributed by atoms with Crippen LogP contribution >= 0.6 is 23.2 Å². The Morgan fingerprint density at radius 1 is 1.00 bits per heavy atom. The number of halogens is 2. The largest absolute Gasteiger partial charge is 0.294 e. The summed E-state index contributed by atoms with van der Waals surface area (Å²) in [5.41, 5.74) is 2.96. The highest BCUT2D eigenvalue weighted by molar-refractivity contribution is 6.42. The number of carbonyl (C=O) groups is 1. The number of rotatable bonds is 1. The minimum absolute atomic E-state index is 0.100. The molecule has 0 aromatic heterocycles. The fraction of sp³-hybridized carbons (Fsp3) is 0.133. The maximum atomic E-state index is 11.9. The Balaban J connectivity index is 2.09. The van der Waals surface area contributed by atoms with Crippen LogP contribution in [0.3, 0.4) is 0 Å². The van der Waals surface area contributed by atoms with E-state index in [1.165, 1.54) is 0 Å². The highest BCUT2D eigenvalue weighted by Crippen LogP contribution is 2.39. The lowest BCUT2D eigenvalue weighted by atomic mass is 9.93. The van der Waals surface area contributed by atoms with Crippen LogP contribution in [0, 0.1) is 0 Å². The number of hydrogen-bond donors (Lipinski definition) is 0. The van der Waals surface area contributed by atoms with E-state index in [-0.39, 0.29) is 11.7 Å². The zero-order valence-corrected chi connectivity index (χ0v) is 11.0. The topological polar surface area (TPSA) is 17.1 Å². The Labute approximate surface area is 115 Å². The van der Waals surface area contributed by atoms with Crippen molar-refractivity contribution in [3.8, 4) is 0 Å². The molecule has 0 aliphatic heterocycles. The summed E-state index contributed by atoms with van der Waals surface area (Å²) in [6.07, 6.45) is 0.511. The van der Waals surface area contributed by atoms with Crippen molar-refractivity contribution < 1.29 is 4.79 Å². The molecule has 3 rings (SSSR count). The molecule has 0 fully saturated rings. The van der Waals surface area contributed by atoms with Gasteiger partial charge in [-0.1, -0.05) is 53.5 Å². The number of carbonyl (C=O) groups excluding carboxylic acids is 1. The Bertz CT molecular complexity index is 634. The quantitative estimate of drug-likeness (QED) is 0.737. The highest BCUT2D eigenvalue weighted by atomic mass is 35.5. The molecule has 90 valence electrons. The summed E-state index contributed by atoms with van der Waals surface area (Å²) in [6.45, 7) is 0. The van der Waals surface area contributed by atoms with Gasteiger partial charge in [-0.25, -0.2) is 0 Å². The molecule has 0 unspecified atom stereocenters. The van der Waals surface area contributed by atoms with E-state index in [1.807, 2.05) is 36.4 Å². The van der Waals surface area contributed by atoms with Crippen molar-refractivity contribution in [2.75, 3.05) is 0 Å². The smallest absolute Gasteiger partial charge is 0.164 e. The molecule has 1 aliphatic rings. The van der Waals surface area contributed by atoms with E-state index in [9.17, 15) is 4.79 Å². The third-order valence-corrected chi connectivity index (χ3v) is 4.11. The van der Waals surface area contributed by atoms with Crippen molar-refractivity contribution in [1.82, 2.24) is 0 Å². The molecule has 1 nitrogen and oxygen atoms in total. The third kappa shape index (κ3) is 1.84. The minimum atomic E-state index is 0.100. The number of fused-ring (bicyclic) bond motifs is 1. The van der Waals surface area contributed by atoms with Crippen LogP contribution in [0.25, 0.3) is 0 Å². The zero-order valence-electron chi connectivity index (χ0n) is 9.49. The Kier molecular flexibility index (Phi) is 2.89. The molecule has 2 aromatic carbocycles. The van der Waals surface area contributed by atoms with Gasteiger partial charge in [0.25, 0.3) is 0 Å². The summed E-state index contributed by atoms with van der Waals surface area (Å²) in [5, 5.41) is 1.07. The Morgan fingerprint density at radius 2 is 1.78 bits per heavy atom. The SMILES string of the molecule is O=C1C[C@@H](c2ccc(Cl)c(Cl)c2)c2ccccc21. The van der Waals surface area contributed by atoms with Crippen molar-refractivity contribution in [3.05, 3.63) is 69.2 Å². The van der Waals surface area contributed by atoms with Crippen LogP contribution in [0.4, 0.5) is 0 Å². The first-order valence-corrected chi connectivity index (χ1v) is 6.49. The molecule has 0 spiro atoms. The van der Waals surface area contributed by atoms with E-state index in [1.54, 1.807) is 6.07 Å². The molecular weight excluding hydrogens is 267 g/mol. The van der Waals surface area contributed by atoms with Crippen molar-refractivity contribution >= 4 is 29.0 Å². The van der Waals surface area contributed by atoms with Crippen molar-refractivity contribution in [1.29, 1.82) is 0 Å². The van der Waals surface area contributed by atoms with Gasteiger partial charge in [-0.2, -0.15) is 0 Å². The highest BCUT2D eigenvalue weighted by Gasteiger charge is 2.30. The van der Waals surface area contributed by atoms with Crippen LogP contribution in [0.5, 0.6) is 0 Å². The zero-order chi connectivity index (χ0) is 12.7. The number of hydrogen-bond acceptors (Lipinski definition) is 1. The summed E-state index contributed by atoms with van der Waals surface area (Å²) in [4.78, 5) is 11.9. The predicted octanol–water partition coefficient (Wildman–Crippen LogP) is 4.71. The van der Waals surface area contributed by atoms with Gasteiger partial charge in [-0.15, -0.1) is 0 Å². The van der Waals surface area contributed by atoms with Crippen LogP contribution in [-0.2, 0) is 0 Å². The van der Waals surface area contributed by atoms with Crippen LogP contribution in [0.2, 0.25) is 10.0 Å². The predicted molar refractivity (Wildman–Crippen MR) is 73.7 cm³/mol. The van der Waals surface area contributed by atoms with E-state index in [0.29, 0.717) is 16.5 Å². The van der Waals surface area contributed by atoms with Gasteiger partial charge >= 0.3 is 0 Å². The summed E-state index contributed by atoms with van der Waals surface area (Å²) in [5.74, 6) is 0.296. The molecule has 3 heteroatoms. The first-order valence-electron chi connectivity index (χ1n) is 5.74. The maximum Gasteiger partial charge on any atom is 0.164 e. The molecule has 0 amide bonds. The lowest BCUT2D eigenvalue weighted by Gasteiger charge is -2.11. The van der Waals surface area contributed by atoms with Crippen LogP contribution in [0.1, 0.15) is 33.8 Å². The number of Topliss-reactive ketones (excluding diaryl/α,β-unsaturated/α-hetero) is 1. The molecule has 0 saturated carbocycles. The molecule has 1 aliphatic carbocycles. The Hall–Kier alpha value is -1.31. The van der Waals surface area contributed by atoms with E-state index in [0.717, 1.165) is 16.7 Å². The first-order chi connectivity index (χ1) is 8.66. The molecule has 0 bridgehead atoms. The third-order valence-electron chi connectivity index (χ3n) is 3.37. The van der Waals surface area contributed by atoms with Crippen LogP contribution in [0.15, 0.2) is 42.5 Å². The summed E-state index contributed by atoms with van der Waals surface area (Å²) in [7, 11) is 0. The van der Waals surface area contributed by atoms with Gasteiger partial charge in [0.05, 0.1) is 10.0 Å². The monoisotopic (exact) mass is 276 g/mol. The van der Waals surface area contributed by atoms with Crippen LogP contribution in [-0.4, -0.2) is 5.78 Å². The fourth-order valence-electron chi connectivity index (χ4n) is 2.49. The van der Waals surface area contributed by atoms with Crippen molar-refractivity contribution in [2.45, 2.75) is 12.3 Å². The van der Waals surface area contributed by atoms with Gasteiger partial charge in [0.1, 0.15) is 0 Å². The summed E-state index contributed by atoms with van der Waals surface area (Å²) < 4.78 is 0. The number of ketones is 1. The molecule has 2 aromatic rings. The molecule has 1 atom stereocenters. The second-order valence-electron chi connectivity index (χ2n) is 4.44. The maximum absolute atomic E-state index is 11.9. The van der Waals surface area contributed by atoms with Crippen molar-refractivity contribution in [2.24, 2.45) is 0 Å². The first kappa shape index (κ1) is 11.8. The lowest BCUT2D eigenvalue weighted by molar-refractivity contribution is 0.0991. The molecule has 0 N–H and O–H groups in total. The second-order valence-corrected chi connectivity index (χ2v) is 5.26. The molecule has 18 heavy (non-hydrogen) atoms. The fourth-order valence-corrected chi connectivity index (χ4v) is 2.79. The van der Waals surface area contributed by atoms with Crippen molar-refractivity contribution in [3.63, 3.8) is 0 Å². The molecular formula is C15H10Cl2O. The lowest BCUT2D eigenvalue weighted by Crippen LogP contribution is -1.96.